The Morgan fingerprint density at radius 3 is 2.87 bits per heavy atom. The van der Waals surface area contributed by atoms with E-state index in [9.17, 15) is 9.90 Å². The van der Waals surface area contributed by atoms with Crippen molar-refractivity contribution in [2.75, 3.05) is 13.1 Å². The maximum Gasteiger partial charge on any atom is 0.317 e. The van der Waals surface area contributed by atoms with Crippen molar-refractivity contribution in [3.63, 3.8) is 0 Å². The predicted molar refractivity (Wildman–Crippen MR) is 57.5 cm³/mol. The van der Waals surface area contributed by atoms with E-state index in [4.69, 9.17) is 0 Å². The molecule has 0 radical (unpaired) electrons. The average Bonchev–Trinajstić information content (AvgIpc) is 2.56. The molecule has 86 valence electrons. The molecule has 1 saturated carbocycles. The van der Waals surface area contributed by atoms with Gasteiger partial charge in [-0.2, -0.15) is 0 Å². The summed E-state index contributed by atoms with van der Waals surface area (Å²) in [6, 6.07) is 0.214. The quantitative estimate of drug-likeness (QED) is 0.680. The fourth-order valence-corrected chi connectivity index (χ4v) is 2.73. The van der Waals surface area contributed by atoms with Crippen LogP contribution in [0.25, 0.3) is 0 Å². The molecular weight excluding hydrogens is 192 g/mol. The standard InChI is InChI=1S/C11H20N2O2/c1-11(2)4-3-8(14)7-9(11)13-6-5-12-10(13)15/h8-9,14H,3-7H2,1-2H3,(H,12,15). The minimum absolute atomic E-state index is 0.0298. The zero-order valence-electron chi connectivity index (χ0n) is 9.49. The van der Waals surface area contributed by atoms with E-state index < -0.39 is 0 Å². The lowest BCUT2D eigenvalue weighted by Gasteiger charge is -2.44. The highest BCUT2D eigenvalue weighted by molar-refractivity contribution is 5.76. The Morgan fingerprint density at radius 1 is 1.53 bits per heavy atom. The Balaban J connectivity index is 2.13. The number of urea groups is 1. The second-order valence-corrected chi connectivity index (χ2v) is 5.36. The largest absolute Gasteiger partial charge is 0.393 e. The molecule has 0 aromatic carbocycles. The van der Waals surface area contributed by atoms with E-state index in [1.54, 1.807) is 0 Å². The third-order valence-corrected chi connectivity index (χ3v) is 3.79. The van der Waals surface area contributed by atoms with Gasteiger partial charge >= 0.3 is 6.03 Å². The van der Waals surface area contributed by atoms with E-state index in [0.717, 1.165) is 32.4 Å². The molecule has 4 heteroatoms. The summed E-state index contributed by atoms with van der Waals surface area (Å²) in [5, 5.41) is 12.5. The first kappa shape index (κ1) is 10.7. The van der Waals surface area contributed by atoms with Crippen LogP contribution in [-0.2, 0) is 0 Å². The molecule has 0 bridgehead atoms. The SMILES string of the molecule is CC1(C)CCC(O)CC1N1CCNC1=O. The van der Waals surface area contributed by atoms with Crippen LogP contribution in [0.15, 0.2) is 0 Å². The smallest absolute Gasteiger partial charge is 0.317 e. The second-order valence-electron chi connectivity index (χ2n) is 5.36. The molecule has 2 atom stereocenters. The van der Waals surface area contributed by atoms with Crippen molar-refractivity contribution in [3.05, 3.63) is 0 Å². The van der Waals surface area contributed by atoms with Gasteiger partial charge < -0.3 is 15.3 Å². The molecule has 2 N–H and O–H groups in total. The van der Waals surface area contributed by atoms with Crippen LogP contribution in [0.1, 0.15) is 33.1 Å². The van der Waals surface area contributed by atoms with Crippen LogP contribution in [0.3, 0.4) is 0 Å². The monoisotopic (exact) mass is 212 g/mol. The van der Waals surface area contributed by atoms with Gasteiger partial charge in [-0.25, -0.2) is 4.79 Å². The van der Waals surface area contributed by atoms with Crippen molar-refractivity contribution < 1.29 is 9.90 Å². The third-order valence-electron chi connectivity index (χ3n) is 3.79. The summed E-state index contributed by atoms with van der Waals surface area (Å²) in [5.74, 6) is 0. The van der Waals surface area contributed by atoms with Crippen LogP contribution in [0.2, 0.25) is 0 Å². The highest BCUT2D eigenvalue weighted by Crippen LogP contribution is 2.39. The van der Waals surface area contributed by atoms with E-state index >= 15 is 0 Å². The summed E-state index contributed by atoms with van der Waals surface area (Å²) >= 11 is 0. The Kier molecular flexibility index (Phi) is 2.63. The lowest BCUT2D eigenvalue weighted by atomic mass is 9.71. The molecule has 15 heavy (non-hydrogen) atoms. The van der Waals surface area contributed by atoms with Crippen LogP contribution in [0.4, 0.5) is 4.79 Å². The second kappa shape index (κ2) is 3.67. The molecular formula is C11H20N2O2. The summed E-state index contributed by atoms with van der Waals surface area (Å²) in [6.07, 6.45) is 2.33. The lowest BCUT2D eigenvalue weighted by Crippen LogP contribution is -2.51. The topological polar surface area (TPSA) is 52.6 Å². The average molecular weight is 212 g/mol. The number of carbonyl (C=O) groups is 1. The molecule has 2 unspecified atom stereocenters. The maximum absolute atomic E-state index is 11.6. The van der Waals surface area contributed by atoms with Crippen LogP contribution in [-0.4, -0.2) is 41.3 Å². The molecule has 2 fully saturated rings. The van der Waals surface area contributed by atoms with Gasteiger partial charge in [-0.15, -0.1) is 0 Å². The van der Waals surface area contributed by atoms with Crippen LogP contribution in [0.5, 0.6) is 0 Å². The summed E-state index contributed by atoms with van der Waals surface area (Å²) < 4.78 is 0. The number of nitrogens with one attached hydrogen (secondary N) is 1. The van der Waals surface area contributed by atoms with Crippen LogP contribution < -0.4 is 5.32 Å². The van der Waals surface area contributed by atoms with Crippen LogP contribution >= 0.6 is 0 Å². The molecule has 1 heterocycles. The van der Waals surface area contributed by atoms with Crippen molar-refractivity contribution in [3.8, 4) is 0 Å². The van der Waals surface area contributed by atoms with E-state index in [2.05, 4.69) is 19.2 Å². The van der Waals surface area contributed by atoms with Gasteiger partial charge in [-0.3, -0.25) is 0 Å². The summed E-state index contributed by atoms with van der Waals surface area (Å²) in [4.78, 5) is 13.5. The van der Waals surface area contributed by atoms with Gasteiger partial charge in [-0.1, -0.05) is 13.8 Å². The van der Waals surface area contributed by atoms with Crippen LogP contribution in [0, 0.1) is 5.41 Å². The summed E-state index contributed by atoms with van der Waals surface area (Å²) in [5.41, 5.74) is 0.126. The highest BCUT2D eigenvalue weighted by atomic mass is 16.3. The Hall–Kier alpha value is -0.770. The molecule has 1 aliphatic carbocycles. The van der Waals surface area contributed by atoms with Gasteiger partial charge in [0.25, 0.3) is 0 Å². The van der Waals surface area contributed by atoms with Crippen molar-refractivity contribution in [2.24, 2.45) is 5.41 Å². The summed E-state index contributed by atoms with van der Waals surface area (Å²) in [7, 11) is 0. The first-order valence-corrected chi connectivity index (χ1v) is 5.73. The molecule has 0 spiro atoms. The first-order valence-electron chi connectivity index (χ1n) is 5.73. The third kappa shape index (κ3) is 1.95. The van der Waals surface area contributed by atoms with E-state index in [1.165, 1.54) is 0 Å². The minimum Gasteiger partial charge on any atom is -0.393 e. The zero-order chi connectivity index (χ0) is 11.1. The first-order chi connectivity index (χ1) is 7.00. The number of rotatable bonds is 1. The number of aliphatic hydroxyl groups is 1. The Labute approximate surface area is 90.6 Å². The lowest BCUT2D eigenvalue weighted by molar-refractivity contribution is 0.0113. The van der Waals surface area contributed by atoms with Crippen molar-refractivity contribution in [2.45, 2.75) is 45.3 Å². The fraction of sp³-hybridized carbons (Fsp3) is 0.909. The highest BCUT2D eigenvalue weighted by Gasteiger charge is 2.42. The van der Waals surface area contributed by atoms with E-state index in [-0.39, 0.29) is 23.6 Å². The number of amides is 2. The van der Waals surface area contributed by atoms with Gasteiger partial charge in [0.15, 0.2) is 0 Å². The summed E-state index contributed by atoms with van der Waals surface area (Å²) in [6.45, 7) is 5.89. The molecule has 1 saturated heterocycles. The molecule has 0 aromatic heterocycles. The Bertz CT molecular complexity index is 265. The van der Waals surface area contributed by atoms with Gasteiger partial charge in [0.2, 0.25) is 0 Å². The van der Waals surface area contributed by atoms with Crippen molar-refractivity contribution >= 4 is 6.03 Å². The fourth-order valence-electron chi connectivity index (χ4n) is 2.73. The van der Waals surface area contributed by atoms with Crippen molar-refractivity contribution in [1.29, 1.82) is 0 Å². The molecule has 2 amide bonds. The zero-order valence-corrected chi connectivity index (χ0v) is 9.49. The molecule has 1 aliphatic heterocycles. The van der Waals surface area contributed by atoms with Gasteiger partial charge in [0.05, 0.1) is 6.10 Å². The minimum atomic E-state index is -0.239. The van der Waals surface area contributed by atoms with Crippen molar-refractivity contribution in [1.82, 2.24) is 10.2 Å². The number of nitrogens with zero attached hydrogens (tertiary/aromatic N) is 1. The number of carbonyl (C=O) groups excluding carboxylic acids is 1. The van der Waals surface area contributed by atoms with Gasteiger partial charge in [0, 0.05) is 19.1 Å². The molecule has 2 aliphatic rings. The predicted octanol–water partition coefficient (Wildman–Crippen LogP) is 0.951. The Morgan fingerprint density at radius 2 is 2.27 bits per heavy atom. The number of hydrogen-bond donors (Lipinski definition) is 2. The van der Waals surface area contributed by atoms with Gasteiger partial charge in [-0.05, 0) is 24.7 Å². The molecule has 0 aromatic rings. The van der Waals surface area contributed by atoms with Gasteiger partial charge in [0.1, 0.15) is 0 Å². The maximum atomic E-state index is 11.6. The molecule has 4 nitrogen and oxygen atoms in total. The van der Waals surface area contributed by atoms with E-state index in [0.29, 0.717) is 0 Å². The normalized spacial score (nSPS) is 35.4. The van der Waals surface area contributed by atoms with E-state index in [1.807, 2.05) is 4.90 Å². The number of aliphatic hydroxyl groups excluding tert-OH is 1. The molecule has 2 rings (SSSR count). The number of hydrogen-bond acceptors (Lipinski definition) is 2.